The maximum atomic E-state index is 5.77. The SMILES string of the molecule is CC(C)C(N)=NCC1CCCN1C. The molecule has 1 saturated heterocycles. The number of hydrogen-bond acceptors (Lipinski definition) is 2. The molecule has 3 nitrogen and oxygen atoms in total. The third-order valence-electron chi connectivity index (χ3n) is 2.75. The lowest BCUT2D eigenvalue weighted by Crippen LogP contribution is -2.29. The van der Waals surface area contributed by atoms with Gasteiger partial charge in [-0.05, 0) is 26.4 Å². The molecule has 0 aromatic heterocycles. The third-order valence-corrected chi connectivity index (χ3v) is 2.75. The number of amidine groups is 1. The number of likely N-dealkylation sites (N-methyl/N-ethyl adjacent to an activating group) is 1. The van der Waals surface area contributed by atoms with Gasteiger partial charge in [-0.15, -0.1) is 0 Å². The fourth-order valence-electron chi connectivity index (χ4n) is 1.60. The second-order valence-electron chi connectivity index (χ2n) is 4.20. The van der Waals surface area contributed by atoms with Crippen molar-refractivity contribution in [3.63, 3.8) is 0 Å². The average Bonchev–Trinajstić information content (AvgIpc) is 2.47. The average molecular weight is 183 g/mol. The third kappa shape index (κ3) is 2.99. The summed E-state index contributed by atoms with van der Waals surface area (Å²) in [4.78, 5) is 6.78. The molecule has 2 N–H and O–H groups in total. The number of likely N-dealkylation sites (tertiary alicyclic amines) is 1. The molecule has 13 heavy (non-hydrogen) atoms. The highest BCUT2D eigenvalue weighted by molar-refractivity contribution is 5.82. The maximum Gasteiger partial charge on any atom is 0.0963 e. The molecule has 0 amide bonds. The predicted molar refractivity (Wildman–Crippen MR) is 57.0 cm³/mol. The molecule has 1 atom stereocenters. The van der Waals surface area contributed by atoms with Crippen LogP contribution in [0.4, 0.5) is 0 Å². The van der Waals surface area contributed by atoms with Gasteiger partial charge in [0.15, 0.2) is 0 Å². The van der Waals surface area contributed by atoms with Crippen molar-refractivity contribution in [3.05, 3.63) is 0 Å². The van der Waals surface area contributed by atoms with E-state index in [2.05, 4.69) is 30.8 Å². The maximum absolute atomic E-state index is 5.77. The molecule has 0 spiro atoms. The van der Waals surface area contributed by atoms with Crippen LogP contribution in [-0.4, -0.2) is 36.9 Å². The topological polar surface area (TPSA) is 41.6 Å². The van der Waals surface area contributed by atoms with Crippen LogP contribution in [0.25, 0.3) is 0 Å². The molecule has 1 rings (SSSR count). The lowest BCUT2D eigenvalue weighted by atomic mass is 10.2. The van der Waals surface area contributed by atoms with Gasteiger partial charge in [-0.25, -0.2) is 0 Å². The van der Waals surface area contributed by atoms with E-state index in [-0.39, 0.29) is 0 Å². The van der Waals surface area contributed by atoms with E-state index in [1.54, 1.807) is 0 Å². The lowest BCUT2D eigenvalue weighted by molar-refractivity contribution is 0.317. The van der Waals surface area contributed by atoms with Gasteiger partial charge >= 0.3 is 0 Å². The monoisotopic (exact) mass is 183 g/mol. The summed E-state index contributed by atoms with van der Waals surface area (Å²) < 4.78 is 0. The van der Waals surface area contributed by atoms with Crippen LogP contribution in [0.15, 0.2) is 4.99 Å². The van der Waals surface area contributed by atoms with Crippen molar-refractivity contribution in [3.8, 4) is 0 Å². The first-order chi connectivity index (χ1) is 6.11. The molecule has 0 aromatic carbocycles. The van der Waals surface area contributed by atoms with Crippen LogP contribution < -0.4 is 5.73 Å². The van der Waals surface area contributed by atoms with Crippen LogP contribution in [0.1, 0.15) is 26.7 Å². The van der Waals surface area contributed by atoms with Crippen molar-refractivity contribution in [2.45, 2.75) is 32.7 Å². The van der Waals surface area contributed by atoms with Gasteiger partial charge in [0.05, 0.1) is 12.4 Å². The number of rotatable bonds is 3. The lowest BCUT2D eigenvalue weighted by Gasteiger charge is -2.17. The zero-order valence-electron chi connectivity index (χ0n) is 8.95. The first kappa shape index (κ1) is 10.5. The fraction of sp³-hybridized carbons (Fsp3) is 0.900. The Morgan fingerprint density at radius 1 is 1.62 bits per heavy atom. The van der Waals surface area contributed by atoms with Gasteiger partial charge in [0, 0.05) is 12.0 Å². The van der Waals surface area contributed by atoms with Gasteiger partial charge in [0.1, 0.15) is 0 Å². The molecule has 1 aliphatic rings. The summed E-state index contributed by atoms with van der Waals surface area (Å²) in [6.45, 7) is 6.25. The summed E-state index contributed by atoms with van der Waals surface area (Å²) in [5, 5.41) is 0. The van der Waals surface area contributed by atoms with Crippen molar-refractivity contribution in [2.75, 3.05) is 20.1 Å². The molecule has 1 aliphatic heterocycles. The van der Waals surface area contributed by atoms with Gasteiger partial charge in [0.25, 0.3) is 0 Å². The van der Waals surface area contributed by atoms with E-state index in [1.165, 1.54) is 19.4 Å². The van der Waals surface area contributed by atoms with Crippen molar-refractivity contribution >= 4 is 5.84 Å². The molecule has 3 heteroatoms. The molecule has 0 aliphatic carbocycles. The van der Waals surface area contributed by atoms with Crippen LogP contribution >= 0.6 is 0 Å². The zero-order valence-corrected chi connectivity index (χ0v) is 8.95. The fourth-order valence-corrected chi connectivity index (χ4v) is 1.60. The minimum Gasteiger partial charge on any atom is -0.387 e. The Bertz CT molecular complexity index is 187. The molecule has 0 saturated carbocycles. The van der Waals surface area contributed by atoms with Crippen LogP contribution in [0, 0.1) is 5.92 Å². The summed E-state index contributed by atoms with van der Waals surface area (Å²) in [5.74, 6) is 1.17. The van der Waals surface area contributed by atoms with E-state index < -0.39 is 0 Å². The second-order valence-corrected chi connectivity index (χ2v) is 4.20. The first-order valence-electron chi connectivity index (χ1n) is 5.11. The summed E-state index contributed by atoms with van der Waals surface area (Å²) in [5.41, 5.74) is 5.77. The Labute approximate surface area is 81.0 Å². The van der Waals surface area contributed by atoms with Crippen molar-refractivity contribution < 1.29 is 0 Å². The van der Waals surface area contributed by atoms with Crippen LogP contribution in [0.5, 0.6) is 0 Å². The van der Waals surface area contributed by atoms with Crippen LogP contribution in [-0.2, 0) is 0 Å². The highest BCUT2D eigenvalue weighted by Gasteiger charge is 2.20. The molecule has 1 heterocycles. The van der Waals surface area contributed by atoms with Gasteiger partial charge in [-0.3, -0.25) is 4.99 Å². The van der Waals surface area contributed by atoms with Gasteiger partial charge in [0.2, 0.25) is 0 Å². The molecule has 1 unspecified atom stereocenters. The Morgan fingerprint density at radius 2 is 2.31 bits per heavy atom. The van der Waals surface area contributed by atoms with Gasteiger partial charge in [-0.1, -0.05) is 13.8 Å². The van der Waals surface area contributed by atoms with E-state index >= 15 is 0 Å². The Morgan fingerprint density at radius 3 is 2.77 bits per heavy atom. The largest absolute Gasteiger partial charge is 0.387 e. The van der Waals surface area contributed by atoms with Crippen molar-refractivity contribution in [1.82, 2.24) is 4.90 Å². The second kappa shape index (κ2) is 4.61. The normalized spacial score (nSPS) is 25.8. The Balaban J connectivity index is 2.36. The van der Waals surface area contributed by atoms with E-state index in [0.29, 0.717) is 12.0 Å². The summed E-state index contributed by atoms with van der Waals surface area (Å²) in [6, 6.07) is 0.622. The number of nitrogens with zero attached hydrogens (tertiary/aromatic N) is 2. The van der Waals surface area contributed by atoms with Gasteiger partial charge < -0.3 is 10.6 Å². The highest BCUT2D eigenvalue weighted by Crippen LogP contribution is 2.14. The molecular formula is C10H21N3. The minimum atomic E-state index is 0.381. The smallest absolute Gasteiger partial charge is 0.0963 e. The Kier molecular flexibility index (Phi) is 3.72. The molecule has 0 bridgehead atoms. The number of aliphatic imine (C=N–C) groups is 1. The highest BCUT2D eigenvalue weighted by atomic mass is 15.2. The van der Waals surface area contributed by atoms with E-state index in [0.717, 1.165) is 12.4 Å². The van der Waals surface area contributed by atoms with E-state index in [9.17, 15) is 0 Å². The predicted octanol–water partition coefficient (Wildman–Crippen LogP) is 1.09. The molecule has 1 fully saturated rings. The first-order valence-corrected chi connectivity index (χ1v) is 5.11. The summed E-state index contributed by atoms with van der Waals surface area (Å²) in [6.07, 6.45) is 2.57. The van der Waals surface area contributed by atoms with Crippen LogP contribution in [0.3, 0.4) is 0 Å². The minimum absolute atomic E-state index is 0.381. The van der Waals surface area contributed by atoms with E-state index in [1.807, 2.05) is 0 Å². The molecule has 0 aromatic rings. The number of hydrogen-bond donors (Lipinski definition) is 1. The summed E-state index contributed by atoms with van der Waals surface area (Å²) >= 11 is 0. The standard InChI is InChI=1S/C10H21N3/c1-8(2)10(11)12-7-9-5-4-6-13(9)3/h8-9H,4-7H2,1-3H3,(H2,11,12). The molecule has 0 radical (unpaired) electrons. The van der Waals surface area contributed by atoms with Crippen LogP contribution in [0.2, 0.25) is 0 Å². The van der Waals surface area contributed by atoms with Gasteiger partial charge in [-0.2, -0.15) is 0 Å². The van der Waals surface area contributed by atoms with Crippen molar-refractivity contribution in [2.24, 2.45) is 16.6 Å². The molecular weight excluding hydrogens is 162 g/mol. The zero-order chi connectivity index (χ0) is 9.84. The Hall–Kier alpha value is -0.570. The number of nitrogens with two attached hydrogens (primary N) is 1. The van der Waals surface area contributed by atoms with Crippen molar-refractivity contribution in [1.29, 1.82) is 0 Å². The van der Waals surface area contributed by atoms with E-state index in [4.69, 9.17) is 5.73 Å². The summed E-state index contributed by atoms with van der Waals surface area (Å²) in [7, 11) is 2.17. The quantitative estimate of drug-likeness (QED) is 0.526. The molecule has 76 valence electrons.